The lowest BCUT2D eigenvalue weighted by Crippen LogP contribution is -2.34. The van der Waals surface area contributed by atoms with Crippen LogP contribution in [-0.2, 0) is 11.3 Å². The zero-order valence-corrected chi connectivity index (χ0v) is 11.4. The van der Waals surface area contributed by atoms with E-state index in [0.29, 0.717) is 17.9 Å². The van der Waals surface area contributed by atoms with Crippen molar-refractivity contribution in [2.24, 2.45) is 11.7 Å². The van der Waals surface area contributed by atoms with E-state index in [-0.39, 0.29) is 5.91 Å². The summed E-state index contributed by atoms with van der Waals surface area (Å²) in [6, 6.07) is 6.99. The molecule has 0 atom stereocenters. The first-order valence-electron chi connectivity index (χ1n) is 6.87. The smallest absolute Gasteiger partial charge is 0.335 e. The Kier molecular flexibility index (Phi) is 4.74. The summed E-state index contributed by atoms with van der Waals surface area (Å²) in [6.45, 7) is 2.74. The number of piperidine rings is 1. The second-order valence-electron chi connectivity index (χ2n) is 5.39. The SMILES string of the molecule is NC(=O)CC1CCN(Cc2ccc(C(=O)O)cc2)CC1. The van der Waals surface area contributed by atoms with Crippen LogP contribution >= 0.6 is 0 Å². The number of carbonyl (C=O) groups excluding carboxylic acids is 1. The van der Waals surface area contributed by atoms with Crippen LogP contribution in [0.1, 0.15) is 35.2 Å². The minimum atomic E-state index is -0.899. The van der Waals surface area contributed by atoms with Crippen molar-refractivity contribution in [3.63, 3.8) is 0 Å². The normalized spacial score (nSPS) is 17.0. The van der Waals surface area contributed by atoms with E-state index in [0.717, 1.165) is 38.0 Å². The van der Waals surface area contributed by atoms with Gasteiger partial charge >= 0.3 is 5.97 Å². The number of rotatable bonds is 5. The number of carbonyl (C=O) groups is 2. The van der Waals surface area contributed by atoms with Crippen LogP contribution in [0.25, 0.3) is 0 Å². The van der Waals surface area contributed by atoms with Crippen molar-refractivity contribution in [3.05, 3.63) is 35.4 Å². The van der Waals surface area contributed by atoms with E-state index >= 15 is 0 Å². The number of hydrogen-bond donors (Lipinski definition) is 2. The maximum atomic E-state index is 10.9. The number of carboxylic acid groups (broad SMARTS) is 1. The van der Waals surface area contributed by atoms with Crippen LogP contribution < -0.4 is 5.73 Å². The summed E-state index contributed by atoms with van der Waals surface area (Å²) in [5.74, 6) is -0.699. The van der Waals surface area contributed by atoms with Crippen molar-refractivity contribution in [2.75, 3.05) is 13.1 Å². The fourth-order valence-corrected chi connectivity index (χ4v) is 2.64. The molecule has 0 spiro atoms. The molecule has 2 rings (SSSR count). The molecular formula is C15H20N2O3. The van der Waals surface area contributed by atoms with Crippen LogP contribution in [0.3, 0.4) is 0 Å². The van der Waals surface area contributed by atoms with Gasteiger partial charge in [0.2, 0.25) is 5.91 Å². The molecule has 5 heteroatoms. The zero-order valence-electron chi connectivity index (χ0n) is 11.4. The first kappa shape index (κ1) is 14.5. The molecule has 5 nitrogen and oxygen atoms in total. The molecule has 1 aliphatic heterocycles. The molecular weight excluding hydrogens is 256 g/mol. The van der Waals surface area contributed by atoms with Gasteiger partial charge in [0.15, 0.2) is 0 Å². The van der Waals surface area contributed by atoms with E-state index in [4.69, 9.17) is 10.8 Å². The summed E-state index contributed by atoms with van der Waals surface area (Å²) in [5, 5.41) is 8.85. The minimum Gasteiger partial charge on any atom is -0.478 e. The van der Waals surface area contributed by atoms with Gasteiger partial charge in [-0.2, -0.15) is 0 Å². The maximum absolute atomic E-state index is 10.9. The molecule has 1 aromatic rings. The molecule has 1 saturated heterocycles. The lowest BCUT2D eigenvalue weighted by Gasteiger charge is -2.31. The number of primary amides is 1. The number of amides is 1. The van der Waals surface area contributed by atoms with Crippen LogP contribution in [-0.4, -0.2) is 35.0 Å². The summed E-state index contributed by atoms with van der Waals surface area (Å²) < 4.78 is 0. The number of carboxylic acids is 1. The number of hydrogen-bond acceptors (Lipinski definition) is 3. The van der Waals surface area contributed by atoms with E-state index in [2.05, 4.69) is 4.90 Å². The van der Waals surface area contributed by atoms with Gasteiger partial charge in [0.25, 0.3) is 0 Å². The Morgan fingerprint density at radius 3 is 2.30 bits per heavy atom. The summed E-state index contributed by atoms with van der Waals surface area (Å²) in [4.78, 5) is 24.0. The van der Waals surface area contributed by atoms with Crippen LogP contribution in [0.5, 0.6) is 0 Å². The van der Waals surface area contributed by atoms with Gasteiger partial charge < -0.3 is 10.8 Å². The molecule has 1 amide bonds. The Bertz CT molecular complexity index is 476. The molecule has 0 saturated carbocycles. The Morgan fingerprint density at radius 2 is 1.80 bits per heavy atom. The second kappa shape index (κ2) is 6.52. The molecule has 0 unspecified atom stereocenters. The molecule has 108 valence electrons. The van der Waals surface area contributed by atoms with E-state index < -0.39 is 5.97 Å². The van der Waals surface area contributed by atoms with Crippen molar-refractivity contribution >= 4 is 11.9 Å². The van der Waals surface area contributed by atoms with Crippen LogP contribution in [0.15, 0.2) is 24.3 Å². The first-order valence-corrected chi connectivity index (χ1v) is 6.87. The van der Waals surface area contributed by atoms with Crippen molar-refractivity contribution in [2.45, 2.75) is 25.8 Å². The fourth-order valence-electron chi connectivity index (χ4n) is 2.64. The third-order valence-corrected chi connectivity index (χ3v) is 3.80. The van der Waals surface area contributed by atoms with Gasteiger partial charge in [-0.3, -0.25) is 9.69 Å². The Hall–Kier alpha value is -1.88. The lowest BCUT2D eigenvalue weighted by atomic mass is 9.93. The summed E-state index contributed by atoms with van der Waals surface area (Å²) >= 11 is 0. The number of nitrogens with zero attached hydrogens (tertiary/aromatic N) is 1. The highest BCUT2D eigenvalue weighted by atomic mass is 16.4. The highest BCUT2D eigenvalue weighted by molar-refractivity contribution is 5.87. The number of benzene rings is 1. The molecule has 0 bridgehead atoms. The molecule has 3 N–H and O–H groups in total. The third-order valence-electron chi connectivity index (χ3n) is 3.80. The van der Waals surface area contributed by atoms with Crippen molar-refractivity contribution in [1.82, 2.24) is 4.90 Å². The molecule has 0 radical (unpaired) electrons. The predicted octanol–water partition coefficient (Wildman–Crippen LogP) is 1.47. The van der Waals surface area contributed by atoms with E-state index in [1.165, 1.54) is 0 Å². The van der Waals surface area contributed by atoms with Gasteiger partial charge in [0.05, 0.1) is 5.56 Å². The molecule has 0 aliphatic carbocycles. The molecule has 0 aromatic heterocycles. The number of nitrogens with two attached hydrogens (primary N) is 1. The van der Waals surface area contributed by atoms with Gasteiger partial charge in [-0.25, -0.2) is 4.79 Å². The standard InChI is InChI=1S/C15H20N2O3/c16-14(18)9-11-5-7-17(8-6-11)10-12-1-3-13(4-2-12)15(19)20/h1-4,11H,5-10H2,(H2,16,18)(H,19,20). The molecule has 1 aliphatic rings. The molecule has 20 heavy (non-hydrogen) atoms. The topological polar surface area (TPSA) is 83.6 Å². The quantitative estimate of drug-likeness (QED) is 0.853. The Balaban J connectivity index is 1.83. The Labute approximate surface area is 118 Å². The highest BCUT2D eigenvalue weighted by Gasteiger charge is 2.20. The lowest BCUT2D eigenvalue weighted by molar-refractivity contribution is -0.119. The van der Waals surface area contributed by atoms with E-state index in [9.17, 15) is 9.59 Å². The van der Waals surface area contributed by atoms with Crippen LogP contribution in [0.2, 0.25) is 0 Å². The van der Waals surface area contributed by atoms with Gasteiger partial charge in [-0.15, -0.1) is 0 Å². The first-order chi connectivity index (χ1) is 9.54. The van der Waals surface area contributed by atoms with E-state index in [1.54, 1.807) is 12.1 Å². The van der Waals surface area contributed by atoms with Gasteiger partial charge in [0, 0.05) is 13.0 Å². The Morgan fingerprint density at radius 1 is 1.20 bits per heavy atom. The minimum absolute atomic E-state index is 0.215. The molecule has 1 heterocycles. The average molecular weight is 276 g/mol. The van der Waals surface area contributed by atoms with Crippen molar-refractivity contribution in [1.29, 1.82) is 0 Å². The summed E-state index contributed by atoms with van der Waals surface area (Å²) in [7, 11) is 0. The molecule has 1 fully saturated rings. The van der Waals surface area contributed by atoms with Crippen LogP contribution in [0.4, 0.5) is 0 Å². The predicted molar refractivity (Wildman–Crippen MR) is 75.2 cm³/mol. The average Bonchev–Trinajstić information content (AvgIpc) is 2.41. The van der Waals surface area contributed by atoms with Crippen LogP contribution in [0, 0.1) is 5.92 Å². The van der Waals surface area contributed by atoms with Crippen molar-refractivity contribution in [3.8, 4) is 0 Å². The maximum Gasteiger partial charge on any atom is 0.335 e. The zero-order chi connectivity index (χ0) is 14.5. The van der Waals surface area contributed by atoms with Crippen molar-refractivity contribution < 1.29 is 14.7 Å². The number of likely N-dealkylation sites (tertiary alicyclic amines) is 1. The van der Waals surface area contributed by atoms with Gasteiger partial charge in [-0.1, -0.05) is 12.1 Å². The third kappa shape index (κ3) is 4.06. The molecule has 1 aromatic carbocycles. The number of aromatic carboxylic acids is 1. The summed E-state index contributed by atoms with van der Waals surface area (Å²) in [6.07, 6.45) is 2.48. The van der Waals surface area contributed by atoms with Gasteiger partial charge in [0.1, 0.15) is 0 Å². The second-order valence-corrected chi connectivity index (χ2v) is 5.39. The highest BCUT2D eigenvalue weighted by Crippen LogP contribution is 2.21. The summed E-state index contributed by atoms with van der Waals surface area (Å²) in [5.41, 5.74) is 6.65. The monoisotopic (exact) mass is 276 g/mol. The largest absolute Gasteiger partial charge is 0.478 e. The fraction of sp³-hybridized carbons (Fsp3) is 0.467. The van der Waals surface area contributed by atoms with Gasteiger partial charge in [-0.05, 0) is 49.5 Å². The van der Waals surface area contributed by atoms with E-state index in [1.807, 2.05) is 12.1 Å².